The van der Waals surface area contributed by atoms with Gasteiger partial charge in [-0.15, -0.1) is 0 Å². The second kappa shape index (κ2) is 14.1. The van der Waals surface area contributed by atoms with Crippen LogP contribution in [0.4, 0.5) is 13.2 Å². The number of aliphatic hydroxyl groups is 2. The quantitative estimate of drug-likeness (QED) is 0.150. The summed E-state index contributed by atoms with van der Waals surface area (Å²) in [4.78, 5) is 65.4. The minimum absolute atomic E-state index is 0.00976. The Morgan fingerprint density at radius 2 is 1.75 bits per heavy atom. The number of ketones is 3. The number of amides is 1. The number of benzene rings is 2. The van der Waals surface area contributed by atoms with E-state index in [-0.39, 0.29) is 28.9 Å². The molecule has 1 unspecified atom stereocenters. The van der Waals surface area contributed by atoms with Crippen LogP contribution < -0.4 is 10.1 Å². The number of methoxy groups -OCH3 is 1. The maximum Gasteiger partial charge on any atom is 0.471 e. The Kier molecular flexibility index (Phi) is 10.5. The highest BCUT2D eigenvalue weighted by Crippen LogP contribution is 2.55. The van der Waals surface area contributed by atoms with E-state index < -0.39 is 125 Å². The van der Waals surface area contributed by atoms with Crippen molar-refractivity contribution in [3.8, 4) is 17.2 Å². The van der Waals surface area contributed by atoms with Gasteiger partial charge in [0.1, 0.15) is 34.6 Å². The van der Waals surface area contributed by atoms with E-state index >= 15 is 0 Å². The monoisotopic (exact) mass is 737 g/mol. The number of aromatic hydroxyl groups is 2. The Hall–Kier alpha value is -4.58. The number of carbonyl (C=O) groups is 5. The molecule has 1 saturated heterocycles. The second-order valence-electron chi connectivity index (χ2n) is 13.3. The number of Topliss-reactive ketones (excluding diaryl/α,β-unsaturated/α-hetero) is 1. The highest BCUT2D eigenvalue weighted by Gasteiger charge is 2.56. The number of fused-ring (bicyclic) bond motifs is 3. The number of esters is 1. The van der Waals surface area contributed by atoms with Crippen LogP contribution >= 0.6 is 0 Å². The van der Waals surface area contributed by atoms with Crippen molar-refractivity contribution in [3.63, 3.8) is 0 Å². The van der Waals surface area contributed by atoms with E-state index in [9.17, 15) is 57.6 Å². The Morgan fingerprint density at radius 3 is 2.38 bits per heavy atom. The Bertz CT molecular complexity index is 1830. The van der Waals surface area contributed by atoms with Crippen LogP contribution in [0.3, 0.4) is 0 Å². The summed E-state index contributed by atoms with van der Waals surface area (Å²) in [5.74, 6) is -7.70. The van der Waals surface area contributed by atoms with Crippen molar-refractivity contribution in [1.82, 2.24) is 5.32 Å². The molecule has 1 fully saturated rings. The Morgan fingerprint density at radius 1 is 1.08 bits per heavy atom. The number of ether oxygens (including phenoxy) is 4. The van der Waals surface area contributed by atoms with Gasteiger partial charge in [0.25, 0.3) is 0 Å². The third-order valence-corrected chi connectivity index (χ3v) is 9.64. The average Bonchev–Trinajstić information content (AvgIpc) is 3.07. The maximum absolute atomic E-state index is 14.0. The largest absolute Gasteiger partial charge is 0.507 e. The van der Waals surface area contributed by atoms with E-state index in [1.54, 1.807) is 5.32 Å². The van der Waals surface area contributed by atoms with E-state index in [0.29, 0.717) is 12.8 Å². The number of hydrogen-bond acceptors (Lipinski definition) is 13. The van der Waals surface area contributed by atoms with Crippen molar-refractivity contribution in [1.29, 1.82) is 0 Å². The first-order chi connectivity index (χ1) is 24.3. The Labute approximate surface area is 294 Å². The first kappa shape index (κ1) is 38.6. The normalized spacial score (nSPS) is 26.9. The zero-order chi connectivity index (χ0) is 38.5. The van der Waals surface area contributed by atoms with Gasteiger partial charge in [-0.3, -0.25) is 24.0 Å². The third kappa shape index (κ3) is 6.85. The van der Waals surface area contributed by atoms with E-state index in [1.807, 2.05) is 6.92 Å². The standard InChI is InChI=1S/C35H38F3NO13/c1-5-6-10-21(41)50-13-20(40)34(48)12-17-26(31(46)25-24(29(17)44)28(43)16-8-7-9-19(49-4)23(16)30(25)45)33(3,14-34)52-22-11-18(27(42)15(2)51-22)39-32(47)35(36,37)38/h7-9,15,18,22,27,42,44,46,48H,5-6,10-14H2,1-4H3,(H,39,47)/t15-,18-,22-,27+,33?,34-/m0/s1. The number of phenolic OH excluding ortho intramolecular Hbond substituents is 2. The van der Waals surface area contributed by atoms with E-state index in [2.05, 4.69) is 0 Å². The van der Waals surface area contributed by atoms with Gasteiger partial charge < -0.3 is 44.7 Å². The number of unbranched alkanes of at least 4 members (excludes halogenated alkanes) is 1. The van der Waals surface area contributed by atoms with Crippen molar-refractivity contribution < 1.29 is 76.5 Å². The van der Waals surface area contributed by atoms with Gasteiger partial charge in [-0.25, -0.2) is 0 Å². The van der Waals surface area contributed by atoms with E-state index in [4.69, 9.17) is 18.9 Å². The summed E-state index contributed by atoms with van der Waals surface area (Å²) in [6.07, 6.45) is -10.8. The lowest BCUT2D eigenvalue weighted by Crippen LogP contribution is -2.59. The molecule has 0 saturated carbocycles. The third-order valence-electron chi connectivity index (χ3n) is 9.64. The van der Waals surface area contributed by atoms with Crippen LogP contribution in [0.1, 0.15) is 95.8 Å². The van der Waals surface area contributed by atoms with Gasteiger partial charge >= 0.3 is 18.1 Å². The van der Waals surface area contributed by atoms with Gasteiger partial charge in [0.2, 0.25) is 11.6 Å². The van der Waals surface area contributed by atoms with E-state index in [1.165, 1.54) is 39.2 Å². The molecule has 2 aromatic rings. The smallest absolute Gasteiger partial charge is 0.471 e. The summed E-state index contributed by atoms with van der Waals surface area (Å²) in [6, 6.07) is 2.56. The number of halogens is 3. The number of phenols is 2. The number of alkyl halides is 3. The number of hydrogen-bond donors (Lipinski definition) is 5. The molecule has 1 aliphatic heterocycles. The number of carbonyl (C=O) groups excluding carboxylic acids is 5. The minimum atomic E-state index is -5.30. The summed E-state index contributed by atoms with van der Waals surface area (Å²) in [5.41, 5.74) is -7.09. The van der Waals surface area contributed by atoms with Crippen LogP contribution in [-0.2, 0) is 40.6 Å². The molecule has 3 aliphatic rings. The lowest BCUT2D eigenvalue weighted by molar-refractivity contribution is -0.276. The highest BCUT2D eigenvalue weighted by molar-refractivity contribution is 6.31. The fraction of sp³-hybridized carbons (Fsp3) is 0.514. The zero-order valence-electron chi connectivity index (χ0n) is 28.6. The summed E-state index contributed by atoms with van der Waals surface area (Å²) < 4.78 is 61.6. The summed E-state index contributed by atoms with van der Waals surface area (Å²) >= 11 is 0. The van der Waals surface area contributed by atoms with Gasteiger partial charge in [0.15, 0.2) is 18.7 Å². The molecule has 282 valence electrons. The van der Waals surface area contributed by atoms with E-state index in [0.717, 1.165) is 0 Å². The van der Waals surface area contributed by atoms with Crippen LogP contribution in [0.2, 0.25) is 0 Å². The molecule has 17 heteroatoms. The van der Waals surface area contributed by atoms with Gasteiger partial charge in [-0.2, -0.15) is 13.2 Å². The van der Waals surface area contributed by atoms with Gasteiger partial charge in [0, 0.05) is 42.4 Å². The molecule has 5 N–H and O–H groups in total. The van der Waals surface area contributed by atoms with Crippen molar-refractivity contribution >= 4 is 29.2 Å². The van der Waals surface area contributed by atoms with Crippen LogP contribution in [0.15, 0.2) is 18.2 Å². The summed E-state index contributed by atoms with van der Waals surface area (Å²) in [7, 11) is 1.25. The Balaban J connectivity index is 1.62. The molecule has 5 rings (SSSR count). The maximum atomic E-state index is 14.0. The molecule has 2 aromatic carbocycles. The van der Waals surface area contributed by atoms with Gasteiger partial charge in [0.05, 0.1) is 35.9 Å². The predicted octanol–water partition coefficient (Wildman–Crippen LogP) is 2.64. The lowest BCUT2D eigenvalue weighted by atomic mass is 9.67. The molecule has 52 heavy (non-hydrogen) atoms. The molecule has 0 spiro atoms. The lowest BCUT2D eigenvalue weighted by Gasteiger charge is -2.47. The van der Waals surface area contributed by atoms with Gasteiger partial charge in [-0.1, -0.05) is 25.5 Å². The van der Waals surface area contributed by atoms with Crippen LogP contribution in [-0.4, -0.2) is 99.7 Å². The molecule has 6 atom stereocenters. The average molecular weight is 738 g/mol. The molecule has 14 nitrogen and oxygen atoms in total. The first-order valence-electron chi connectivity index (χ1n) is 16.5. The molecule has 0 radical (unpaired) electrons. The van der Waals surface area contributed by atoms with Crippen molar-refractivity contribution in [3.05, 3.63) is 51.6 Å². The van der Waals surface area contributed by atoms with Crippen LogP contribution in [0.5, 0.6) is 17.2 Å². The van der Waals surface area contributed by atoms with Crippen molar-refractivity contribution in [2.24, 2.45) is 0 Å². The highest BCUT2D eigenvalue weighted by atomic mass is 19.4. The van der Waals surface area contributed by atoms with Crippen LogP contribution in [0, 0.1) is 0 Å². The van der Waals surface area contributed by atoms with Crippen molar-refractivity contribution in [2.45, 2.75) is 101 Å². The number of nitrogens with one attached hydrogen (secondary N) is 1. The molecule has 0 aromatic heterocycles. The summed E-state index contributed by atoms with van der Waals surface area (Å²) in [5, 5.41) is 47.7. The van der Waals surface area contributed by atoms with Crippen LogP contribution in [0.25, 0.3) is 0 Å². The number of rotatable bonds is 10. The van der Waals surface area contributed by atoms with Crippen molar-refractivity contribution in [2.75, 3.05) is 13.7 Å². The number of aliphatic hydroxyl groups excluding tert-OH is 1. The molecular formula is C35H38F3NO13. The first-order valence-corrected chi connectivity index (χ1v) is 16.5. The SMILES string of the molecule is CCCCC(=O)OCC(=O)[C@]1(O)Cc2c(O)c3c(c(O)c2C(C)(O[C@H]2C[C@H](NC(=O)C(F)(F)F)[C@H](O)[C@H](C)O2)C1)C(=O)c1c(OC)cccc1C3=O. The molecule has 1 amide bonds. The van der Waals surface area contributed by atoms with Gasteiger partial charge in [-0.05, 0) is 26.3 Å². The molecular weight excluding hydrogens is 699 g/mol. The fourth-order valence-corrected chi connectivity index (χ4v) is 7.12. The second-order valence-corrected chi connectivity index (χ2v) is 13.3. The topological polar surface area (TPSA) is 215 Å². The summed E-state index contributed by atoms with van der Waals surface area (Å²) in [6.45, 7) is 3.43. The minimum Gasteiger partial charge on any atom is -0.507 e. The molecule has 2 aliphatic carbocycles. The fourth-order valence-electron chi connectivity index (χ4n) is 7.12. The molecule has 1 heterocycles. The zero-order valence-corrected chi connectivity index (χ0v) is 28.6. The molecule has 0 bridgehead atoms. The predicted molar refractivity (Wildman–Crippen MR) is 170 cm³/mol.